The van der Waals surface area contributed by atoms with E-state index in [9.17, 15) is 12.8 Å². The molecule has 2 aromatic carbocycles. The molecular formula is C17H16FN3O2S. The Balaban J connectivity index is 1.73. The van der Waals surface area contributed by atoms with Crippen LogP contribution in [-0.2, 0) is 16.6 Å². The van der Waals surface area contributed by atoms with E-state index in [2.05, 4.69) is 9.82 Å². The molecular weight excluding hydrogens is 329 g/mol. The van der Waals surface area contributed by atoms with Crippen molar-refractivity contribution in [1.82, 2.24) is 9.78 Å². The Labute approximate surface area is 139 Å². The van der Waals surface area contributed by atoms with E-state index in [1.165, 1.54) is 23.9 Å². The number of rotatable bonds is 5. The maximum absolute atomic E-state index is 12.9. The molecule has 0 aliphatic heterocycles. The molecule has 0 saturated carbocycles. The van der Waals surface area contributed by atoms with Crippen LogP contribution in [0.15, 0.2) is 65.8 Å². The molecule has 0 amide bonds. The Morgan fingerprint density at radius 1 is 1.08 bits per heavy atom. The van der Waals surface area contributed by atoms with Crippen LogP contribution in [-0.4, -0.2) is 18.2 Å². The molecule has 3 rings (SSSR count). The highest BCUT2D eigenvalue weighted by atomic mass is 32.2. The molecule has 1 N–H and O–H groups in total. The Kier molecular flexibility index (Phi) is 4.35. The fraction of sp³-hybridized carbons (Fsp3) is 0.118. The van der Waals surface area contributed by atoms with Gasteiger partial charge in [0, 0.05) is 6.20 Å². The first-order valence-electron chi connectivity index (χ1n) is 7.29. The maximum Gasteiger partial charge on any atom is 0.261 e. The molecule has 0 aliphatic carbocycles. The van der Waals surface area contributed by atoms with Crippen LogP contribution in [0.3, 0.4) is 0 Å². The highest BCUT2D eigenvalue weighted by Gasteiger charge is 2.15. The SMILES string of the molecule is Cc1ccc(Cn2cc(NS(=O)(=O)c3ccc(F)cc3)cn2)cc1. The predicted molar refractivity (Wildman–Crippen MR) is 89.7 cm³/mol. The Morgan fingerprint density at radius 3 is 2.42 bits per heavy atom. The van der Waals surface area contributed by atoms with Crippen LogP contribution < -0.4 is 4.72 Å². The summed E-state index contributed by atoms with van der Waals surface area (Å²) in [5.74, 6) is -0.486. The first-order chi connectivity index (χ1) is 11.4. The van der Waals surface area contributed by atoms with Gasteiger partial charge in [0.05, 0.1) is 23.3 Å². The number of hydrogen-bond donors (Lipinski definition) is 1. The summed E-state index contributed by atoms with van der Waals surface area (Å²) in [6.07, 6.45) is 3.05. The number of aromatic nitrogens is 2. The van der Waals surface area contributed by atoms with Crippen LogP contribution >= 0.6 is 0 Å². The zero-order valence-electron chi connectivity index (χ0n) is 13.0. The van der Waals surface area contributed by atoms with Crippen molar-refractivity contribution in [2.75, 3.05) is 4.72 Å². The van der Waals surface area contributed by atoms with Gasteiger partial charge >= 0.3 is 0 Å². The lowest BCUT2D eigenvalue weighted by Crippen LogP contribution is -2.12. The van der Waals surface area contributed by atoms with E-state index in [4.69, 9.17) is 0 Å². The van der Waals surface area contributed by atoms with Crippen molar-refractivity contribution in [2.45, 2.75) is 18.4 Å². The number of nitrogens with zero attached hydrogens (tertiary/aromatic N) is 2. The van der Waals surface area contributed by atoms with Gasteiger partial charge in [0.25, 0.3) is 10.0 Å². The van der Waals surface area contributed by atoms with Gasteiger partial charge in [-0.3, -0.25) is 9.40 Å². The lowest BCUT2D eigenvalue weighted by atomic mass is 10.1. The van der Waals surface area contributed by atoms with Crippen molar-refractivity contribution >= 4 is 15.7 Å². The van der Waals surface area contributed by atoms with Crippen LogP contribution in [0, 0.1) is 12.7 Å². The van der Waals surface area contributed by atoms with Gasteiger partial charge in [-0.1, -0.05) is 29.8 Å². The third-order valence-corrected chi connectivity index (χ3v) is 4.87. The second-order valence-corrected chi connectivity index (χ2v) is 7.15. The molecule has 0 unspecified atom stereocenters. The molecule has 0 saturated heterocycles. The molecule has 0 aliphatic rings. The minimum atomic E-state index is -3.77. The average molecular weight is 345 g/mol. The van der Waals surface area contributed by atoms with Gasteiger partial charge in [0.2, 0.25) is 0 Å². The Hall–Kier alpha value is -2.67. The van der Waals surface area contributed by atoms with Crippen molar-refractivity contribution in [3.05, 3.63) is 77.9 Å². The summed E-state index contributed by atoms with van der Waals surface area (Å²) >= 11 is 0. The summed E-state index contributed by atoms with van der Waals surface area (Å²) in [6.45, 7) is 2.55. The smallest absolute Gasteiger partial charge is 0.261 e. The number of nitrogens with one attached hydrogen (secondary N) is 1. The van der Waals surface area contributed by atoms with Gasteiger partial charge < -0.3 is 0 Å². The quantitative estimate of drug-likeness (QED) is 0.772. The van der Waals surface area contributed by atoms with E-state index >= 15 is 0 Å². The normalized spacial score (nSPS) is 11.4. The lowest BCUT2D eigenvalue weighted by Gasteiger charge is -2.05. The topological polar surface area (TPSA) is 64.0 Å². The third-order valence-electron chi connectivity index (χ3n) is 3.47. The van der Waals surface area contributed by atoms with Crippen LogP contribution in [0.25, 0.3) is 0 Å². The molecule has 1 aromatic heterocycles. The van der Waals surface area contributed by atoms with Crippen molar-refractivity contribution in [3.63, 3.8) is 0 Å². The molecule has 124 valence electrons. The number of aryl methyl sites for hydroxylation is 1. The molecule has 7 heteroatoms. The van der Waals surface area contributed by atoms with Gasteiger partial charge in [-0.25, -0.2) is 12.8 Å². The summed E-state index contributed by atoms with van der Waals surface area (Å²) in [6, 6.07) is 12.7. The van der Waals surface area contributed by atoms with E-state index in [-0.39, 0.29) is 4.90 Å². The lowest BCUT2D eigenvalue weighted by molar-refractivity contribution is 0.599. The minimum Gasteiger partial charge on any atom is -0.276 e. The molecule has 1 heterocycles. The van der Waals surface area contributed by atoms with Gasteiger partial charge in [0.15, 0.2) is 0 Å². The molecule has 0 spiro atoms. The first-order valence-corrected chi connectivity index (χ1v) is 8.77. The van der Waals surface area contributed by atoms with E-state index < -0.39 is 15.8 Å². The fourth-order valence-corrected chi connectivity index (χ4v) is 3.24. The van der Waals surface area contributed by atoms with Crippen molar-refractivity contribution in [3.8, 4) is 0 Å². The highest BCUT2D eigenvalue weighted by Crippen LogP contribution is 2.16. The first kappa shape index (κ1) is 16.2. The zero-order chi connectivity index (χ0) is 17.2. The third kappa shape index (κ3) is 3.80. The molecule has 5 nitrogen and oxygen atoms in total. The second-order valence-electron chi connectivity index (χ2n) is 5.47. The van der Waals surface area contributed by atoms with Gasteiger partial charge in [0.1, 0.15) is 5.82 Å². The van der Waals surface area contributed by atoms with Crippen LogP contribution in [0.1, 0.15) is 11.1 Å². The fourth-order valence-electron chi connectivity index (χ4n) is 2.21. The summed E-state index contributed by atoms with van der Waals surface area (Å²) in [5, 5.41) is 4.16. The predicted octanol–water partition coefficient (Wildman–Crippen LogP) is 3.18. The van der Waals surface area contributed by atoms with Crippen molar-refractivity contribution in [2.24, 2.45) is 0 Å². The molecule has 3 aromatic rings. The molecule has 0 radical (unpaired) electrons. The maximum atomic E-state index is 12.9. The van der Waals surface area contributed by atoms with Crippen LogP contribution in [0.2, 0.25) is 0 Å². The summed E-state index contributed by atoms with van der Waals surface area (Å²) in [5.41, 5.74) is 2.59. The van der Waals surface area contributed by atoms with E-state index in [0.29, 0.717) is 12.2 Å². The zero-order valence-corrected chi connectivity index (χ0v) is 13.8. The Bertz CT molecular complexity index is 933. The summed E-state index contributed by atoms with van der Waals surface area (Å²) in [7, 11) is -3.77. The number of hydrogen-bond acceptors (Lipinski definition) is 3. The van der Waals surface area contributed by atoms with Gasteiger partial charge in [-0.05, 0) is 36.8 Å². The molecule has 0 fully saturated rings. The van der Waals surface area contributed by atoms with Crippen molar-refractivity contribution in [1.29, 1.82) is 0 Å². The van der Waals surface area contributed by atoms with E-state index in [1.807, 2.05) is 31.2 Å². The number of halogens is 1. The number of anilines is 1. The van der Waals surface area contributed by atoms with Crippen LogP contribution in [0.4, 0.5) is 10.1 Å². The highest BCUT2D eigenvalue weighted by molar-refractivity contribution is 7.92. The van der Waals surface area contributed by atoms with Gasteiger partial charge in [-0.15, -0.1) is 0 Å². The van der Waals surface area contributed by atoms with Gasteiger partial charge in [-0.2, -0.15) is 5.10 Å². The van der Waals surface area contributed by atoms with E-state index in [0.717, 1.165) is 17.7 Å². The average Bonchev–Trinajstić information content (AvgIpc) is 2.96. The number of sulfonamides is 1. The molecule has 0 bridgehead atoms. The second kappa shape index (κ2) is 6.45. The van der Waals surface area contributed by atoms with Crippen LogP contribution in [0.5, 0.6) is 0 Å². The minimum absolute atomic E-state index is 0.00446. The summed E-state index contributed by atoms with van der Waals surface area (Å²) in [4.78, 5) is -0.00446. The van der Waals surface area contributed by atoms with E-state index in [1.54, 1.807) is 10.9 Å². The monoisotopic (exact) mass is 345 g/mol. The molecule has 24 heavy (non-hydrogen) atoms. The standard InChI is InChI=1S/C17H16FN3O2S/c1-13-2-4-14(5-3-13)11-21-12-16(10-19-21)20-24(22,23)17-8-6-15(18)7-9-17/h2-10,12,20H,11H2,1H3. The van der Waals surface area contributed by atoms with Crippen molar-refractivity contribution < 1.29 is 12.8 Å². The Morgan fingerprint density at radius 2 is 1.75 bits per heavy atom. The summed E-state index contributed by atoms with van der Waals surface area (Å²) < 4.78 is 41.5. The largest absolute Gasteiger partial charge is 0.276 e. The number of benzene rings is 2. The molecule has 0 atom stereocenters.